The van der Waals surface area contributed by atoms with Crippen molar-refractivity contribution in [2.75, 3.05) is 19.4 Å². The Hall–Kier alpha value is -2.97. The number of anilines is 1. The third kappa shape index (κ3) is 6.27. The molecule has 0 aromatic heterocycles. The number of ether oxygens (including phenoxy) is 1. The molecule has 0 saturated heterocycles. The number of hydrogen-bond donors (Lipinski definition) is 1. The number of carbonyl (C=O) groups excluding carboxylic acids is 2. The number of carbonyl (C=O) groups is 2. The summed E-state index contributed by atoms with van der Waals surface area (Å²) in [7, 11) is -0.778. The minimum absolute atomic E-state index is 0.0473. The molecule has 0 fully saturated rings. The van der Waals surface area contributed by atoms with Crippen molar-refractivity contribution < 1.29 is 22.7 Å². The Bertz CT molecular complexity index is 1030. The molecule has 0 heterocycles. The molecule has 154 valence electrons. The Morgan fingerprint density at radius 1 is 1.10 bits per heavy atom. The summed E-state index contributed by atoms with van der Waals surface area (Å²) in [4.78, 5) is 24.3. The Morgan fingerprint density at radius 3 is 2.45 bits per heavy atom. The predicted molar refractivity (Wildman–Crippen MR) is 112 cm³/mol. The first-order chi connectivity index (χ1) is 13.6. The van der Waals surface area contributed by atoms with Gasteiger partial charge in [0.2, 0.25) is 10.0 Å². The lowest BCUT2D eigenvalue weighted by atomic mass is 10.1. The van der Waals surface area contributed by atoms with Gasteiger partial charge in [-0.3, -0.25) is 4.79 Å². The van der Waals surface area contributed by atoms with E-state index >= 15 is 0 Å². The van der Waals surface area contributed by atoms with Crippen LogP contribution in [0, 0.1) is 6.92 Å². The normalized spacial score (nSPS) is 12.7. The van der Waals surface area contributed by atoms with E-state index in [4.69, 9.17) is 4.74 Å². The minimum Gasteiger partial charge on any atom is -0.449 e. The summed E-state index contributed by atoms with van der Waals surface area (Å²) in [6, 6.07) is 13.4. The van der Waals surface area contributed by atoms with E-state index in [1.165, 1.54) is 45.3 Å². The molecule has 29 heavy (non-hydrogen) atoms. The number of hydrogen-bond acceptors (Lipinski definition) is 5. The maximum Gasteiger partial charge on any atom is 0.331 e. The van der Waals surface area contributed by atoms with Crippen molar-refractivity contribution in [1.82, 2.24) is 4.31 Å². The van der Waals surface area contributed by atoms with Gasteiger partial charge in [0.1, 0.15) is 0 Å². The SMILES string of the molecule is Cc1cccc(/C=C/C(=O)O[C@@H](C)C(=O)Nc2cccc(S(=O)(=O)N(C)C)c2)c1. The second-order valence-corrected chi connectivity index (χ2v) is 8.78. The molecule has 1 atom stereocenters. The van der Waals surface area contributed by atoms with Gasteiger partial charge >= 0.3 is 5.97 Å². The number of nitrogens with one attached hydrogen (secondary N) is 1. The Balaban J connectivity index is 1.99. The maximum absolute atomic E-state index is 12.3. The highest BCUT2D eigenvalue weighted by Gasteiger charge is 2.20. The molecule has 0 saturated carbocycles. The van der Waals surface area contributed by atoms with Crippen LogP contribution in [-0.2, 0) is 24.3 Å². The largest absolute Gasteiger partial charge is 0.449 e. The number of sulfonamides is 1. The number of nitrogens with zero attached hydrogens (tertiary/aromatic N) is 1. The summed E-state index contributed by atoms with van der Waals surface area (Å²) < 4.78 is 30.6. The molecule has 1 amide bonds. The fourth-order valence-corrected chi connectivity index (χ4v) is 3.34. The number of amides is 1. The van der Waals surface area contributed by atoms with E-state index in [0.717, 1.165) is 15.4 Å². The molecule has 0 unspecified atom stereocenters. The zero-order valence-corrected chi connectivity index (χ0v) is 17.6. The first-order valence-electron chi connectivity index (χ1n) is 8.88. The average Bonchev–Trinajstić information content (AvgIpc) is 2.66. The maximum atomic E-state index is 12.3. The van der Waals surface area contributed by atoms with Crippen LogP contribution in [0.4, 0.5) is 5.69 Å². The summed E-state index contributed by atoms with van der Waals surface area (Å²) in [5.41, 5.74) is 2.20. The lowest BCUT2D eigenvalue weighted by Crippen LogP contribution is -2.29. The van der Waals surface area contributed by atoms with Gasteiger partial charge in [0, 0.05) is 25.9 Å². The van der Waals surface area contributed by atoms with Crippen molar-refractivity contribution in [3.05, 3.63) is 65.7 Å². The number of benzene rings is 2. The summed E-state index contributed by atoms with van der Waals surface area (Å²) in [6.45, 7) is 3.38. The van der Waals surface area contributed by atoms with Crippen molar-refractivity contribution in [2.45, 2.75) is 24.8 Å². The summed E-state index contributed by atoms with van der Waals surface area (Å²) in [6.07, 6.45) is 1.80. The topological polar surface area (TPSA) is 92.8 Å². The van der Waals surface area contributed by atoms with Crippen LogP contribution >= 0.6 is 0 Å². The molecule has 0 radical (unpaired) electrons. The third-order valence-electron chi connectivity index (χ3n) is 4.00. The predicted octanol–water partition coefficient (Wildman–Crippen LogP) is 2.83. The number of esters is 1. The quantitative estimate of drug-likeness (QED) is 0.553. The zero-order valence-electron chi connectivity index (χ0n) is 16.7. The van der Waals surface area contributed by atoms with Crippen LogP contribution in [0.1, 0.15) is 18.1 Å². The van der Waals surface area contributed by atoms with Gasteiger partial charge in [-0.05, 0) is 43.7 Å². The van der Waals surface area contributed by atoms with Crippen LogP contribution < -0.4 is 5.32 Å². The molecular formula is C21H24N2O5S. The van der Waals surface area contributed by atoms with Gasteiger partial charge in [-0.25, -0.2) is 17.5 Å². The van der Waals surface area contributed by atoms with E-state index < -0.39 is 28.0 Å². The summed E-state index contributed by atoms with van der Waals surface area (Å²) in [5.74, 6) is -1.22. The lowest BCUT2D eigenvalue weighted by molar-refractivity contribution is -0.148. The first kappa shape index (κ1) is 22.3. The van der Waals surface area contributed by atoms with E-state index in [0.29, 0.717) is 0 Å². The third-order valence-corrected chi connectivity index (χ3v) is 5.81. The van der Waals surface area contributed by atoms with Crippen molar-refractivity contribution in [3.8, 4) is 0 Å². The number of aryl methyl sites for hydroxylation is 1. The van der Waals surface area contributed by atoms with Gasteiger partial charge in [-0.2, -0.15) is 0 Å². The molecule has 2 aromatic carbocycles. The molecule has 0 bridgehead atoms. The smallest absolute Gasteiger partial charge is 0.331 e. The Kier molecular flexibility index (Phi) is 7.30. The Morgan fingerprint density at radius 2 is 1.79 bits per heavy atom. The highest BCUT2D eigenvalue weighted by atomic mass is 32.2. The van der Waals surface area contributed by atoms with E-state index in [9.17, 15) is 18.0 Å². The van der Waals surface area contributed by atoms with Crippen LogP contribution in [0.3, 0.4) is 0 Å². The molecule has 0 aliphatic heterocycles. The molecule has 0 aliphatic rings. The van der Waals surface area contributed by atoms with Crippen molar-refractivity contribution >= 4 is 33.7 Å². The van der Waals surface area contributed by atoms with E-state index in [1.807, 2.05) is 31.2 Å². The molecule has 8 heteroatoms. The van der Waals surface area contributed by atoms with Crippen LogP contribution in [0.15, 0.2) is 59.5 Å². The number of rotatable bonds is 7. The van der Waals surface area contributed by atoms with E-state index in [1.54, 1.807) is 12.1 Å². The fourth-order valence-electron chi connectivity index (χ4n) is 2.39. The van der Waals surface area contributed by atoms with E-state index in [2.05, 4.69) is 5.32 Å². The van der Waals surface area contributed by atoms with Gasteiger partial charge in [-0.15, -0.1) is 0 Å². The monoisotopic (exact) mass is 416 g/mol. The van der Waals surface area contributed by atoms with Gasteiger partial charge in [0.05, 0.1) is 4.90 Å². The Labute approximate surface area is 171 Å². The fraction of sp³-hybridized carbons (Fsp3) is 0.238. The zero-order chi connectivity index (χ0) is 21.6. The standard InChI is InChI=1S/C21H24N2O5S/c1-15-7-5-8-17(13-15)11-12-20(24)28-16(2)21(25)22-18-9-6-10-19(14-18)29(26,27)23(3)4/h5-14,16H,1-4H3,(H,22,25)/b12-11+/t16-/m0/s1. The highest BCUT2D eigenvalue weighted by Crippen LogP contribution is 2.18. The molecule has 2 aromatic rings. The van der Waals surface area contributed by atoms with Gasteiger partial charge in [0.15, 0.2) is 6.10 Å². The highest BCUT2D eigenvalue weighted by molar-refractivity contribution is 7.89. The molecular weight excluding hydrogens is 392 g/mol. The van der Waals surface area contributed by atoms with Crippen molar-refractivity contribution in [2.24, 2.45) is 0 Å². The van der Waals surface area contributed by atoms with Gasteiger partial charge < -0.3 is 10.1 Å². The average molecular weight is 416 g/mol. The van der Waals surface area contributed by atoms with Crippen LogP contribution in [0.5, 0.6) is 0 Å². The molecule has 0 spiro atoms. The van der Waals surface area contributed by atoms with Crippen LogP contribution in [0.25, 0.3) is 6.08 Å². The molecule has 2 rings (SSSR count). The van der Waals surface area contributed by atoms with Gasteiger partial charge in [0.25, 0.3) is 5.91 Å². The molecule has 1 N–H and O–H groups in total. The molecule has 0 aliphatic carbocycles. The minimum atomic E-state index is -3.62. The molecule has 7 nitrogen and oxygen atoms in total. The van der Waals surface area contributed by atoms with Crippen molar-refractivity contribution in [3.63, 3.8) is 0 Å². The van der Waals surface area contributed by atoms with Crippen molar-refractivity contribution in [1.29, 1.82) is 0 Å². The first-order valence-corrected chi connectivity index (χ1v) is 10.3. The van der Waals surface area contributed by atoms with E-state index in [-0.39, 0.29) is 10.6 Å². The second-order valence-electron chi connectivity index (χ2n) is 6.63. The summed E-state index contributed by atoms with van der Waals surface area (Å²) >= 11 is 0. The van der Waals surface area contributed by atoms with Crippen LogP contribution in [0.2, 0.25) is 0 Å². The lowest BCUT2D eigenvalue weighted by Gasteiger charge is -2.14. The summed E-state index contributed by atoms with van der Waals surface area (Å²) in [5, 5.41) is 2.56. The van der Waals surface area contributed by atoms with Crippen LogP contribution in [-0.4, -0.2) is 44.8 Å². The second kappa shape index (κ2) is 9.49. The van der Waals surface area contributed by atoms with Gasteiger partial charge in [-0.1, -0.05) is 35.9 Å².